The molecule has 1 aliphatic rings. The molecule has 1 aromatic rings. The van der Waals surface area contributed by atoms with E-state index in [4.69, 9.17) is 28.3 Å². The summed E-state index contributed by atoms with van der Waals surface area (Å²) in [6.45, 7) is 12.9. The molecule has 0 saturated carbocycles. The lowest BCUT2D eigenvalue weighted by atomic mass is 9.97. The quantitative estimate of drug-likeness (QED) is 0.207. The van der Waals surface area contributed by atoms with Gasteiger partial charge in [-0.2, -0.15) is 5.10 Å². The normalized spacial score (nSPS) is 15.5. The topological polar surface area (TPSA) is 76.4 Å². The Kier molecular flexibility index (Phi) is 16.8. The van der Waals surface area contributed by atoms with E-state index in [1.165, 1.54) is 5.01 Å². The molecule has 188 valence electrons. The molecular formula is C26H37Cl2N3O3. The molecule has 1 aliphatic heterocycles. The van der Waals surface area contributed by atoms with Crippen LogP contribution in [0.15, 0.2) is 78.6 Å². The lowest BCUT2D eigenvalue weighted by Crippen LogP contribution is -2.41. The van der Waals surface area contributed by atoms with Gasteiger partial charge in [0.25, 0.3) is 5.91 Å². The monoisotopic (exact) mass is 509 g/mol. The summed E-state index contributed by atoms with van der Waals surface area (Å²) in [5.41, 5.74) is 1.77. The van der Waals surface area contributed by atoms with Crippen LogP contribution in [0.1, 0.15) is 32.8 Å². The smallest absolute Gasteiger partial charge is 0.273 e. The van der Waals surface area contributed by atoms with Crippen LogP contribution in [-0.2, 0) is 4.79 Å². The van der Waals surface area contributed by atoms with Gasteiger partial charge in [0.15, 0.2) is 0 Å². The first-order valence-electron chi connectivity index (χ1n) is 11.1. The summed E-state index contributed by atoms with van der Waals surface area (Å²) in [5.74, 6) is 0.128. The molecular weight excluding hydrogens is 473 g/mol. The van der Waals surface area contributed by atoms with Crippen LogP contribution in [0, 0.1) is 5.92 Å². The number of carbonyl (C=O) groups is 1. The Morgan fingerprint density at radius 1 is 1.29 bits per heavy atom. The van der Waals surface area contributed by atoms with Gasteiger partial charge < -0.3 is 15.1 Å². The summed E-state index contributed by atoms with van der Waals surface area (Å²) in [6.07, 6.45) is 7.80. The van der Waals surface area contributed by atoms with E-state index in [0.717, 1.165) is 5.56 Å². The van der Waals surface area contributed by atoms with Gasteiger partial charge in [0.2, 0.25) is 0 Å². The van der Waals surface area contributed by atoms with Crippen molar-refractivity contribution in [2.45, 2.75) is 33.3 Å². The Bertz CT molecular complexity index is 869. The van der Waals surface area contributed by atoms with Crippen LogP contribution in [0.2, 0.25) is 5.02 Å². The van der Waals surface area contributed by atoms with Crippen molar-refractivity contribution in [3.8, 4) is 0 Å². The Balaban J connectivity index is 0.00000164. The number of rotatable bonds is 9. The minimum absolute atomic E-state index is 0.0546. The van der Waals surface area contributed by atoms with Gasteiger partial charge in [0.05, 0.1) is 18.4 Å². The summed E-state index contributed by atoms with van der Waals surface area (Å²) in [4.78, 5) is 14.7. The fraction of sp³-hybridized carbons (Fsp3) is 0.385. The zero-order valence-corrected chi connectivity index (χ0v) is 22.0. The van der Waals surface area contributed by atoms with Crippen LogP contribution < -0.4 is 0 Å². The molecule has 1 amide bonds. The van der Waals surface area contributed by atoms with E-state index in [9.17, 15) is 9.90 Å². The van der Waals surface area contributed by atoms with Gasteiger partial charge >= 0.3 is 0 Å². The molecule has 2 N–H and O–H groups in total. The van der Waals surface area contributed by atoms with Crippen molar-refractivity contribution < 1.29 is 15.0 Å². The number of alkyl halides is 1. The standard InChI is InChI=1S/C21H26ClN3O3.C3H5Cl.C2H6/c1-4-5-8-15(2)20(18-9-6-7-10-19(18)22)23-25-14-24(3)12-16(21(25)28)11-17(27)13-26;1-2-3-4;1-2/h4-10,12,15,17,26-27H,1,11,13-14H2,2-3H3;2H,1,3H2;1-2H3/b8-5+,23-20+;;. The van der Waals surface area contributed by atoms with E-state index >= 15 is 0 Å². The average Bonchev–Trinajstić information content (AvgIpc) is 2.85. The molecule has 0 aliphatic carbocycles. The Labute approximate surface area is 214 Å². The van der Waals surface area contributed by atoms with Crippen LogP contribution in [0.3, 0.4) is 0 Å². The predicted molar refractivity (Wildman–Crippen MR) is 144 cm³/mol. The fourth-order valence-corrected chi connectivity index (χ4v) is 3.10. The van der Waals surface area contributed by atoms with E-state index in [1.807, 2.05) is 58.2 Å². The lowest BCUT2D eigenvalue weighted by Gasteiger charge is -2.31. The number of aliphatic hydroxyl groups is 2. The van der Waals surface area contributed by atoms with Crippen molar-refractivity contribution in [2.75, 3.05) is 26.2 Å². The van der Waals surface area contributed by atoms with Gasteiger partial charge in [0, 0.05) is 47.6 Å². The number of hydrogen-bond acceptors (Lipinski definition) is 5. The second kappa shape index (κ2) is 18.0. The zero-order chi connectivity index (χ0) is 26.1. The molecule has 34 heavy (non-hydrogen) atoms. The number of aliphatic hydroxyl groups excluding tert-OH is 2. The summed E-state index contributed by atoms with van der Waals surface area (Å²) in [7, 11) is 1.82. The third-order valence-electron chi connectivity index (χ3n) is 4.36. The number of hydrazone groups is 1. The van der Waals surface area contributed by atoms with Crippen LogP contribution in [0.4, 0.5) is 0 Å². The number of hydrogen-bond donors (Lipinski definition) is 2. The number of carbonyl (C=O) groups excluding carboxylic acids is 1. The lowest BCUT2D eigenvalue weighted by molar-refractivity contribution is -0.130. The number of nitrogens with zero attached hydrogens (tertiary/aromatic N) is 3. The summed E-state index contributed by atoms with van der Waals surface area (Å²) >= 11 is 11.5. The van der Waals surface area contributed by atoms with Crippen LogP contribution >= 0.6 is 23.2 Å². The molecule has 2 atom stereocenters. The maximum Gasteiger partial charge on any atom is 0.273 e. The van der Waals surface area contributed by atoms with E-state index in [2.05, 4.69) is 18.3 Å². The van der Waals surface area contributed by atoms with Crippen LogP contribution in [-0.4, -0.2) is 64.0 Å². The number of benzene rings is 1. The first-order chi connectivity index (χ1) is 16.3. The van der Waals surface area contributed by atoms with E-state index < -0.39 is 12.7 Å². The SMILES string of the molecule is C=C/C=C/C(C)/C(=N\N1CN(C)C=C(CC(O)CO)C1=O)c1ccccc1Cl.C=CCCl.CC. The van der Waals surface area contributed by atoms with Crippen LogP contribution in [0.25, 0.3) is 0 Å². The largest absolute Gasteiger partial charge is 0.394 e. The molecule has 8 heteroatoms. The molecule has 2 unspecified atom stereocenters. The number of halogens is 2. The minimum atomic E-state index is -0.995. The van der Waals surface area contributed by atoms with Crippen molar-refractivity contribution in [2.24, 2.45) is 11.0 Å². The molecule has 0 saturated heterocycles. The average molecular weight is 511 g/mol. The van der Waals surface area contributed by atoms with Gasteiger partial charge in [-0.15, -0.1) is 18.2 Å². The first-order valence-corrected chi connectivity index (χ1v) is 12.0. The third-order valence-corrected chi connectivity index (χ3v) is 4.91. The van der Waals surface area contributed by atoms with Crippen LogP contribution in [0.5, 0.6) is 0 Å². The summed E-state index contributed by atoms with van der Waals surface area (Å²) in [5, 5.41) is 25.4. The molecule has 0 radical (unpaired) electrons. The van der Waals surface area contributed by atoms with Crippen molar-refractivity contribution in [3.05, 3.63) is 84.1 Å². The fourth-order valence-electron chi connectivity index (χ4n) is 2.86. The van der Waals surface area contributed by atoms with Crippen molar-refractivity contribution in [1.29, 1.82) is 0 Å². The molecule has 0 fully saturated rings. The van der Waals surface area contributed by atoms with Crippen molar-refractivity contribution in [3.63, 3.8) is 0 Å². The third kappa shape index (κ3) is 10.7. The molecule has 6 nitrogen and oxygen atoms in total. The molecule has 1 heterocycles. The van der Waals surface area contributed by atoms with Gasteiger partial charge in [-0.1, -0.05) is 81.5 Å². The highest BCUT2D eigenvalue weighted by Gasteiger charge is 2.27. The predicted octanol–water partition coefficient (Wildman–Crippen LogP) is 5.22. The summed E-state index contributed by atoms with van der Waals surface area (Å²) < 4.78 is 0. The molecule has 0 aromatic heterocycles. The van der Waals surface area contributed by atoms with E-state index in [-0.39, 0.29) is 24.9 Å². The summed E-state index contributed by atoms with van der Waals surface area (Å²) in [6, 6.07) is 7.35. The van der Waals surface area contributed by atoms with E-state index in [0.29, 0.717) is 22.2 Å². The Morgan fingerprint density at radius 3 is 2.44 bits per heavy atom. The Hall–Kier alpha value is -2.38. The number of amides is 1. The number of allylic oxidation sites excluding steroid dienone is 4. The van der Waals surface area contributed by atoms with E-state index in [1.54, 1.807) is 29.3 Å². The highest BCUT2D eigenvalue weighted by Crippen LogP contribution is 2.23. The molecule has 0 bridgehead atoms. The van der Waals surface area contributed by atoms with Gasteiger partial charge in [-0.3, -0.25) is 4.79 Å². The van der Waals surface area contributed by atoms with Gasteiger partial charge in [-0.25, -0.2) is 5.01 Å². The molecule has 2 rings (SSSR count). The highest BCUT2D eigenvalue weighted by molar-refractivity contribution is 6.34. The second-order valence-corrected chi connectivity index (χ2v) is 7.83. The second-order valence-electron chi connectivity index (χ2n) is 7.12. The highest BCUT2D eigenvalue weighted by atomic mass is 35.5. The first kappa shape index (κ1) is 31.6. The Morgan fingerprint density at radius 2 is 1.91 bits per heavy atom. The molecule has 1 aromatic carbocycles. The van der Waals surface area contributed by atoms with Gasteiger partial charge in [0.1, 0.15) is 6.67 Å². The van der Waals surface area contributed by atoms with Crippen molar-refractivity contribution in [1.82, 2.24) is 9.91 Å². The zero-order valence-electron chi connectivity index (χ0n) is 20.5. The molecule has 0 spiro atoms. The minimum Gasteiger partial charge on any atom is -0.394 e. The van der Waals surface area contributed by atoms with Gasteiger partial charge in [-0.05, 0) is 6.07 Å². The van der Waals surface area contributed by atoms with Crippen molar-refractivity contribution >= 4 is 34.8 Å². The maximum absolute atomic E-state index is 12.9. The maximum atomic E-state index is 12.9.